The van der Waals surface area contributed by atoms with E-state index >= 15 is 0 Å². The van der Waals surface area contributed by atoms with Gasteiger partial charge in [0.25, 0.3) is 5.91 Å². The maximum absolute atomic E-state index is 12.6. The summed E-state index contributed by atoms with van der Waals surface area (Å²) in [7, 11) is -3.08. The molecule has 1 aromatic rings. The number of sulfonamides is 1. The summed E-state index contributed by atoms with van der Waals surface area (Å²) in [5.41, 5.74) is 0.635. The summed E-state index contributed by atoms with van der Waals surface area (Å²) in [6.07, 6.45) is 6.87. The highest BCUT2D eigenvalue weighted by molar-refractivity contribution is 7.88. The number of pyridine rings is 1. The van der Waals surface area contributed by atoms with Crippen LogP contribution in [0.5, 0.6) is 0 Å². The van der Waals surface area contributed by atoms with Crippen molar-refractivity contribution in [3.63, 3.8) is 0 Å². The Morgan fingerprint density at radius 1 is 1.22 bits per heavy atom. The number of likely N-dealkylation sites (tertiary alicyclic amines) is 1. The van der Waals surface area contributed by atoms with E-state index in [1.54, 1.807) is 10.5 Å². The van der Waals surface area contributed by atoms with E-state index in [1.807, 2.05) is 17.0 Å². The molecule has 1 N–H and O–H groups in total. The van der Waals surface area contributed by atoms with Crippen molar-refractivity contribution in [2.75, 3.05) is 44.3 Å². The van der Waals surface area contributed by atoms with Crippen LogP contribution in [0.4, 0.5) is 5.82 Å². The highest BCUT2D eigenvalue weighted by atomic mass is 32.2. The minimum absolute atomic E-state index is 0.0637. The first-order chi connectivity index (χ1) is 12.8. The summed E-state index contributed by atoms with van der Waals surface area (Å²) in [5, 5.41) is 3.32. The van der Waals surface area contributed by atoms with E-state index in [0.717, 1.165) is 44.7 Å². The zero-order valence-corrected chi connectivity index (χ0v) is 17.0. The van der Waals surface area contributed by atoms with Gasteiger partial charge in [0.05, 0.1) is 11.8 Å². The van der Waals surface area contributed by atoms with Crippen LogP contribution in [0.2, 0.25) is 0 Å². The molecule has 8 heteroatoms. The van der Waals surface area contributed by atoms with Gasteiger partial charge in [-0.3, -0.25) is 4.79 Å². The maximum atomic E-state index is 12.6. The molecule has 0 bridgehead atoms. The minimum Gasteiger partial charge on any atom is -0.370 e. The fourth-order valence-electron chi connectivity index (χ4n) is 3.88. The molecule has 0 aromatic carbocycles. The summed E-state index contributed by atoms with van der Waals surface area (Å²) in [4.78, 5) is 18.9. The molecule has 2 aliphatic heterocycles. The quantitative estimate of drug-likeness (QED) is 0.826. The van der Waals surface area contributed by atoms with Crippen molar-refractivity contribution in [2.45, 2.75) is 32.6 Å². The van der Waals surface area contributed by atoms with Crippen LogP contribution in [0.1, 0.15) is 43.0 Å². The van der Waals surface area contributed by atoms with Crippen LogP contribution in [0.15, 0.2) is 18.3 Å². The number of piperidine rings is 2. The molecule has 0 radical (unpaired) electrons. The molecule has 2 saturated heterocycles. The molecule has 1 aromatic heterocycles. The Kier molecular flexibility index (Phi) is 6.37. The SMILES string of the molecule is CC1CCCN(C(=O)c2ccc(NCC3CCN(S(C)(=O)=O)CC3)nc2)C1. The fraction of sp³-hybridized carbons (Fsp3) is 0.684. The number of aromatic nitrogens is 1. The van der Waals surface area contributed by atoms with Crippen molar-refractivity contribution >= 4 is 21.7 Å². The standard InChI is InChI=1S/C19H30N4O3S/c1-15-4-3-9-22(14-15)19(24)17-5-6-18(21-13-17)20-12-16-7-10-23(11-8-16)27(2,25)26/h5-6,13,15-16H,3-4,7-12,14H2,1-2H3,(H,20,21). The predicted molar refractivity (Wildman–Crippen MR) is 106 cm³/mol. The first-order valence-electron chi connectivity index (χ1n) is 9.77. The number of carbonyl (C=O) groups excluding carboxylic acids is 1. The normalized spacial score (nSPS) is 22.6. The number of anilines is 1. The zero-order chi connectivity index (χ0) is 19.4. The predicted octanol–water partition coefficient (Wildman–Crippen LogP) is 2.04. The number of carbonyl (C=O) groups is 1. The average Bonchev–Trinajstić information content (AvgIpc) is 2.66. The molecular formula is C19H30N4O3S. The summed E-state index contributed by atoms with van der Waals surface area (Å²) < 4.78 is 24.7. The van der Waals surface area contributed by atoms with Crippen molar-refractivity contribution in [3.05, 3.63) is 23.9 Å². The van der Waals surface area contributed by atoms with E-state index < -0.39 is 10.0 Å². The van der Waals surface area contributed by atoms with Gasteiger partial charge in [0.1, 0.15) is 5.82 Å². The Morgan fingerprint density at radius 3 is 2.56 bits per heavy atom. The van der Waals surface area contributed by atoms with Crippen LogP contribution in [0.25, 0.3) is 0 Å². The lowest BCUT2D eigenvalue weighted by Gasteiger charge is -2.31. The lowest BCUT2D eigenvalue weighted by Crippen LogP contribution is -2.39. The van der Waals surface area contributed by atoms with E-state index in [9.17, 15) is 13.2 Å². The third kappa shape index (κ3) is 5.42. The van der Waals surface area contributed by atoms with Crippen molar-refractivity contribution in [1.29, 1.82) is 0 Å². The second-order valence-corrected chi connectivity index (χ2v) is 9.90. The van der Waals surface area contributed by atoms with Gasteiger partial charge < -0.3 is 10.2 Å². The largest absolute Gasteiger partial charge is 0.370 e. The lowest BCUT2D eigenvalue weighted by atomic mass is 9.98. The summed E-state index contributed by atoms with van der Waals surface area (Å²) in [6, 6.07) is 3.69. The number of nitrogens with zero attached hydrogens (tertiary/aromatic N) is 3. The second kappa shape index (κ2) is 8.56. The average molecular weight is 395 g/mol. The van der Waals surface area contributed by atoms with Gasteiger partial charge in [0.2, 0.25) is 10.0 Å². The van der Waals surface area contributed by atoms with Gasteiger partial charge >= 0.3 is 0 Å². The van der Waals surface area contributed by atoms with Gasteiger partial charge in [0.15, 0.2) is 0 Å². The summed E-state index contributed by atoms with van der Waals surface area (Å²) >= 11 is 0. The highest BCUT2D eigenvalue weighted by Crippen LogP contribution is 2.20. The Morgan fingerprint density at radius 2 is 1.96 bits per heavy atom. The van der Waals surface area contributed by atoms with Crippen LogP contribution in [0.3, 0.4) is 0 Å². The number of hydrogen-bond acceptors (Lipinski definition) is 5. The molecule has 150 valence electrons. The van der Waals surface area contributed by atoms with Crippen LogP contribution in [0, 0.1) is 11.8 Å². The molecule has 1 unspecified atom stereocenters. The van der Waals surface area contributed by atoms with E-state index in [-0.39, 0.29) is 5.91 Å². The molecule has 3 rings (SSSR count). The molecular weight excluding hydrogens is 364 g/mol. The van der Waals surface area contributed by atoms with Crippen LogP contribution in [-0.4, -0.2) is 67.5 Å². The third-order valence-electron chi connectivity index (χ3n) is 5.57. The van der Waals surface area contributed by atoms with Gasteiger partial charge in [-0.15, -0.1) is 0 Å². The van der Waals surface area contributed by atoms with Gasteiger partial charge in [-0.1, -0.05) is 6.92 Å². The molecule has 0 aliphatic carbocycles. The molecule has 2 fully saturated rings. The third-order valence-corrected chi connectivity index (χ3v) is 6.87. The topological polar surface area (TPSA) is 82.6 Å². The van der Waals surface area contributed by atoms with Gasteiger partial charge in [-0.2, -0.15) is 0 Å². The first-order valence-corrected chi connectivity index (χ1v) is 11.6. The van der Waals surface area contributed by atoms with Crippen LogP contribution < -0.4 is 5.32 Å². The van der Waals surface area contributed by atoms with E-state index in [0.29, 0.717) is 30.5 Å². The number of hydrogen-bond donors (Lipinski definition) is 1. The smallest absolute Gasteiger partial charge is 0.255 e. The van der Waals surface area contributed by atoms with Gasteiger partial charge in [-0.05, 0) is 49.7 Å². The molecule has 0 spiro atoms. The van der Waals surface area contributed by atoms with E-state index in [4.69, 9.17) is 0 Å². The minimum atomic E-state index is -3.08. The summed E-state index contributed by atoms with van der Waals surface area (Å²) in [6.45, 7) is 5.77. The Balaban J connectivity index is 1.48. The van der Waals surface area contributed by atoms with Crippen molar-refractivity contribution < 1.29 is 13.2 Å². The highest BCUT2D eigenvalue weighted by Gasteiger charge is 2.25. The van der Waals surface area contributed by atoms with Crippen molar-refractivity contribution in [2.24, 2.45) is 11.8 Å². The Labute approximate surface area is 162 Å². The maximum Gasteiger partial charge on any atom is 0.255 e. The second-order valence-electron chi connectivity index (χ2n) is 7.92. The van der Waals surface area contributed by atoms with Gasteiger partial charge in [-0.25, -0.2) is 17.7 Å². The van der Waals surface area contributed by atoms with Crippen LogP contribution >= 0.6 is 0 Å². The number of amides is 1. The molecule has 1 amide bonds. The number of rotatable bonds is 5. The molecule has 1 atom stereocenters. The van der Waals surface area contributed by atoms with Crippen molar-refractivity contribution in [1.82, 2.24) is 14.2 Å². The molecule has 3 heterocycles. The Hall–Kier alpha value is -1.67. The molecule has 7 nitrogen and oxygen atoms in total. The molecule has 2 aliphatic rings. The first kappa shape index (κ1) is 20.1. The van der Waals surface area contributed by atoms with Gasteiger partial charge in [0, 0.05) is 38.9 Å². The zero-order valence-electron chi connectivity index (χ0n) is 16.2. The van der Waals surface area contributed by atoms with Crippen molar-refractivity contribution in [3.8, 4) is 0 Å². The van der Waals surface area contributed by atoms with E-state index in [1.165, 1.54) is 12.7 Å². The van der Waals surface area contributed by atoms with Crippen LogP contribution in [-0.2, 0) is 10.0 Å². The number of nitrogens with one attached hydrogen (secondary N) is 1. The summed E-state index contributed by atoms with van der Waals surface area (Å²) in [5.74, 6) is 1.81. The lowest BCUT2D eigenvalue weighted by molar-refractivity contribution is 0.0682. The monoisotopic (exact) mass is 394 g/mol. The molecule has 27 heavy (non-hydrogen) atoms. The fourth-order valence-corrected chi connectivity index (χ4v) is 4.75. The van der Waals surface area contributed by atoms with E-state index in [2.05, 4.69) is 17.2 Å². The molecule has 0 saturated carbocycles. The Bertz CT molecular complexity index is 743.